The second-order valence-corrected chi connectivity index (χ2v) is 8.55. The molecule has 0 N–H and O–H groups in total. The Hall–Kier alpha value is -1.70. The minimum Gasteiger partial charge on any atom is -0.307 e. The van der Waals surface area contributed by atoms with Gasteiger partial charge in [0, 0.05) is 23.8 Å². The van der Waals surface area contributed by atoms with Crippen LogP contribution in [0, 0.1) is 0 Å². The minimum atomic E-state index is -3.26. The maximum atomic E-state index is 12.4. The standard InChI is InChI=1S/C16H19N3O2S2/c1-2-23(20,21)19(10-8-15-6-5-11-22-15)13-14-12-18-9-4-3-7-16(18)17-14/h3-7,9,11-12H,2,8,10,13H2,1H3. The van der Waals surface area contributed by atoms with Crippen molar-refractivity contribution in [3.63, 3.8) is 0 Å². The van der Waals surface area contributed by atoms with Crippen LogP contribution in [0.2, 0.25) is 0 Å². The summed E-state index contributed by atoms with van der Waals surface area (Å²) in [6.07, 6.45) is 4.53. The molecule has 0 saturated carbocycles. The van der Waals surface area contributed by atoms with Crippen molar-refractivity contribution < 1.29 is 8.42 Å². The largest absolute Gasteiger partial charge is 0.307 e. The summed E-state index contributed by atoms with van der Waals surface area (Å²) in [5.74, 6) is 0.102. The first-order valence-electron chi connectivity index (χ1n) is 7.51. The first-order valence-corrected chi connectivity index (χ1v) is 10.00. The fourth-order valence-electron chi connectivity index (χ4n) is 2.43. The number of hydrogen-bond donors (Lipinski definition) is 0. The maximum Gasteiger partial charge on any atom is 0.214 e. The summed E-state index contributed by atoms with van der Waals surface area (Å²) in [5.41, 5.74) is 1.59. The Morgan fingerprint density at radius 1 is 1.26 bits per heavy atom. The van der Waals surface area contributed by atoms with E-state index < -0.39 is 10.0 Å². The van der Waals surface area contributed by atoms with Crippen LogP contribution in [0.15, 0.2) is 48.1 Å². The number of fused-ring (bicyclic) bond motifs is 1. The first-order chi connectivity index (χ1) is 11.1. The fourth-order valence-corrected chi connectivity index (χ4v) is 4.19. The van der Waals surface area contributed by atoms with Crippen molar-refractivity contribution in [1.82, 2.24) is 13.7 Å². The average molecular weight is 349 g/mol. The summed E-state index contributed by atoms with van der Waals surface area (Å²) in [5, 5.41) is 2.01. The van der Waals surface area contributed by atoms with E-state index in [0.717, 1.165) is 17.8 Å². The highest BCUT2D eigenvalue weighted by molar-refractivity contribution is 7.89. The molecule has 0 bridgehead atoms. The Bertz CT molecular complexity index is 837. The summed E-state index contributed by atoms with van der Waals surface area (Å²) >= 11 is 1.65. The molecule has 0 aliphatic rings. The van der Waals surface area contributed by atoms with Crippen LogP contribution in [0.3, 0.4) is 0 Å². The van der Waals surface area contributed by atoms with Crippen molar-refractivity contribution in [3.8, 4) is 0 Å². The minimum absolute atomic E-state index is 0.102. The molecule has 0 unspecified atom stereocenters. The highest BCUT2D eigenvalue weighted by atomic mass is 32.2. The van der Waals surface area contributed by atoms with E-state index in [0.29, 0.717) is 13.1 Å². The summed E-state index contributed by atoms with van der Waals surface area (Å²) in [7, 11) is -3.26. The van der Waals surface area contributed by atoms with Crippen LogP contribution >= 0.6 is 11.3 Å². The third-order valence-corrected chi connectivity index (χ3v) is 6.46. The number of hydrogen-bond acceptors (Lipinski definition) is 4. The highest BCUT2D eigenvalue weighted by Gasteiger charge is 2.21. The molecular weight excluding hydrogens is 330 g/mol. The molecular formula is C16H19N3O2S2. The fraction of sp³-hybridized carbons (Fsp3) is 0.312. The second-order valence-electron chi connectivity index (χ2n) is 5.26. The van der Waals surface area contributed by atoms with E-state index in [1.165, 1.54) is 9.18 Å². The van der Waals surface area contributed by atoms with Gasteiger partial charge >= 0.3 is 0 Å². The lowest BCUT2D eigenvalue weighted by atomic mass is 10.3. The van der Waals surface area contributed by atoms with Crippen LogP contribution in [0.4, 0.5) is 0 Å². The van der Waals surface area contributed by atoms with E-state index in [-0.39, 0.29) is 5.75 Å². The number of rotatable bonds is 7. The molecule has 3 heterocycles. The summed E-state index contributed by atoms with van der Waals surface area (Å²) < 4.78 is 28.2. The van der Waals surface area contributed by atoms with Crippen molar-refractivity contribution in [3.05, 3.63) is 58.7 Å². The van der Waals surface area contributed by atoms with Crippen LogP contribution in [-0.2, 0) is 23.0 Å². The van der Waals surface area contributed by atoms with Gasteiger partial charge in [-0.1, -0.05) is 12.1 Å². The quantitative estimate of drug-likeness (QED) is 0.659. The molecule has 3 aromatic rings. The molecule has 0 amide bonds. The second kappa shape index (κ2) is 6.82. The van der Waals surface area contributed by atoms with Gasteiger partial charge in [0.15, 0.2) is 0 Å². The molecule has 23 heavy (non-hydrogen) atoms. The number of nitrogens with zero attached hydrogens (tertiary/aromatic N) is 3. The predicted octanol–water partition coefficient (Wildman–Crippen LogP) is 2.79. The van der Waals surface area contributed by atoms with E-state index in [2.05, 4.69) is 4.98 Å². The van der Waals surface area contributed by atoms with E-state index in [4.69, 9.17) is 0 Å². The van der Waals surface area contributed by atoms with Gasteiger partial charge in [-0.25, -0.2) is 13.4 Å². The summed E-state index contributed by atoms with van der Waals surface area (Å²) in [6.45, 7) is 2.46. The van der Waals surface area contributed by atoms with Crippen LogP contribution < -0.4 is 0 Å². The van der Waals surface area contributed by atoms with Crippen LogP contribution in [0.25, 0.3) is 5.65 Å². The molecule has 0 radical (unpaired) electrons. The number of sulfonamides is 1. The molecule has 0 aromatic carbocycles. The lowest BCUT2D eigenvalue weighted by Gasteiger charge is -2.20. The Labute approximate surface area is 140 Å². The van der Waals surface area contributed by atoms with E-state index >= 15 is 0 Å². The average Bonchev–Trinajstić information content (AvgIpc) is 3.19. The van der Waals surface area contributed by atoms with Crippen molar-refractivity contribution >= 4 is 27.0 Å². The SMILES string of the molecule is CCS(=O)(=O)N(CCc1cccs1)Cc1cn2ccccc2n1. The van der Waals surface area contributed by atoms with Gasteiger partial charge in [0.25, 0.3) is 0 Å². The molecule has 7 heteroatoms. The van der Waals surface area contributed by atoms with Crippen molar-refractivity contribution in [1.29, 1.82) is 0 Å². The van der Waals surface area contributed by atoms with Gasteiger partial charge < -0.3 is 4.40 Å². The van der Waals surface area contributed by atoms with Crippen LogP contribution in [0.1, 0.15) is 17.5 Å². The monoisotopic (exact) mass is 349 g/mol. The van der Waals surface area contributed by atoms with E-state index in [1.807, 2.05) is 52.5 Å². The summed E-state index contributed by atoms with van der Waals surface area (Å²) in [4.78, 5) is 5.70. The zero-order valence-electron chi connectivity index (χ0n) is 12.9. The first kappa shape index (κ1) is 16.2. The van der Waals surface area contributed by atoms with E-state index in [1.54, 1.807) is 18.3 Å². The number of pyridine rings is 1. The Kier molecular flexibility index (Phi) is 4.79. The molecule has 0 saturated heterocycles. The number of thiophene rings is 1. The van der Waals surface area contributed by atoms with Gasteiger partial charge in [-0.3, -0.25) is 0 Å². The smallest absolute Gasteiger partial charge is 0.214 e. The van der Waals surface area contributed by atoms with Gasteiger partial charge in [0.2, 0.25) is 10.0 Å². The van der Waals surface area contributed by atoms with Crippen molar-refractivity contribution in [2.75, 3.05) is 12.3 Å². The highest BCUT2D eigenvalue weighted by Crippen LogP contribution is 2.15. The normalized spacial score (nSPS) is 12.3. The molecule has 122 valence electrons. The number of imidazole rings is 1. The topological polar surface area (TPSA) is 54.7 Å². The molecule has 0 aliphatic heterocycles. The third-order valence-electron chi connectivity index (χ3n) is 3.70. The Morgan fingerprint density at radius 2 is 2.13 bits per heavy atom. The maximum absolute atomic E-state index is 12.4. The molecule has 0 atom stereocenters. The van der Waals surface area contributed by atoms with Gasteiger partial charge in [0.1, 0.15) is 5.65 Å². The van der Waals surface area contributed by atoms with E-state index in [9.17, 15) is 8.42 Å². The van der Waals surface area contributed by atoms with Crippen LogP contribution in [-0.4, -0.2) is 34.4 Å². The Morgan fingerprint density at radius 3 is 2.83 bits per heavy atom. The molecule has 5 nitrogen and oxygen atoms in total. The van der Waals surface area contributed by atoms with Crippen molar-refractivity contribution in [2.45, 2.75) is 19.9 Å². The number of aromatic nitrogens is 2. The molecule has 0 spiro atoms. The molecule has 0 fully saturated rings. The lowest BCUT2D eigenvalue weighted by molar-refractivity contribution is 0.408. The van der Waals surface area contributed by atoms with Crippen molar-refractivity contribution in [2.24, 2.45) is 0 Å². The van der Waals surface area contributed by atoms with Gasteiger partial charge in [0.05, 0.1) is 18.0 Å². The zero-order chi connectivity index (χ0) is 16.3. The molecule has 3 rings (SSSR count). The lowest BCUT2D eigenvalue weighted by Crippen LogP contribution is -2.33. The third kappa shape index (κ3) is 3.80. The Balaban J connectivity index is 1.80. The van der Waals surface area contributed by atoms with Gasteiger partial charge in [-0.15, -0.1) is 11.3 Å². The zero-order valence-corrected chi connectivity index (χ0v) is 14.6. The summed E-state index contributed by atoms with van der Waals surface area (Å²) in [6, 6.07) is 9.78. The van der Waals surface area contributed by atoms with Gasteiger partial charge in [-0.2, -0.15) is 4.31 Å². The van der Waals surface area contributed by atoms with Crippen LogP contribution in [0.5, 0.6) is 0 Å². The van der Waals surface area contributed by atoms with Gasteiger partial charge in [-0.05, 0) is 36.9 Å². The predicted molar refractivity (Wildman–Crippen MR) is 93.1 cm³/mol. The molecule has 3 aromatic heterocycles. The molecule has 0 aliphatic carbocycles.